The highest BCUT2D eigenvalue weighted by Crippen LogP contribution is 2.26. The summed E-state index contributed by atoms with van der Waals surface area (Å²) in [5.41, 5.74) is 3.72. The number of para-hydroxylation sites is 3. The Hall–Kier alpha value is -3.48. The zero-order valence-corrected chi connectivity index (χ0v) is 19.0. The fourth-order valence-corrected chi connectivity index (χ4v) is 4.25. The van der Waals surface area contributed by atoms with E-state index in [2.05, 4.69) is 11.9 Å². The standard InChI is InChI=1S/C26H29N3O4/c1-2-3-16-29-23-13-7-5-11-20(23)27-21(26(29)32)14-15-25(31)33-18-24(30)28-17-8-10-19-9-4-6-12-22(19)28/h4-7,9,11-13H,2-3,8,10,14-18H2,1H3. The van der Waals surface area contributed by atoms with Crippen LogP contribution in [0.3, 0.4) is 0 Å². The Balaban J connectivity index is 1.39. The van der Waals surface area contributed by atoms with Gasteiger partial charge in [-0.3, -0.25) is 14.4 Å². The number of aromatic nitrogens is 2. The number of unbranched alkanes of at least 4 members (excludes halogenated alkanes) is 1. The average Bonchev–Trinajstić information content (AvgIpc) is 2.85. The number of nitrogens with zero attached hydrogens (tertiary/aromatic N) is 3. The number of rotatable bonds is 8. The van der Waals surface area contributed by atoms with Crippen LogP contribution in [0.15, 0.2) is 53.3 Å². The lowest BCUT2D eigenvalue weighted by molar-refractivity contribution is -0.147. The third kappa shape index (κ3) is 5.13. The van der Waals surface area contributed by atoms with E-state index in [1.165, 1.54) is 0 Å². The summed E-state index contributed by atoms with van der Waals surface area (Å²) in [6.45, 7) is 3.00. The fraction of sp³-hybridized carbons (Fsp3) is 0.385. The number of amides is 1. The molecule has 0 fully saturated rings. The first-order chi connectivity index (χ1) is 16.1. The molecule has 0 N–H and O–H groups in total. The third-order valence-corrected chi connectivity index (χ3v) is 5.99. The largest absolute Gasteiger partial charge is 0.456 e. The van der Waals surface area contributed by atoms with Crippen LogP contribution in [0.25, 0.3) is 11.0 Å². The van der Waals surface area contributed by atoms with Crippen LogP contribution in [0.1, 0.15) is 43.9 Å². The van der Waals surface area contributed by atoms with Crippen molar-refractivity contribution in [3.63, 3.8) is 0 Å². The molecule has 4 rings (SSSR count). The molecule has 0 bridgehead atoms. The second-order valence-corrected chi connectivity index (χ2v) is 8.30. The van der Waals surface area contributed by atoms with Gasteiger partial charge in [0, 0.05) is 25.2 Å². The molecule has 1 aliphatic heterocycles. The molecule has 7 heteroatoms. The van der Waals surface area contributed by atoms with E-state index in [-0.39, 0.29) is 30.9 Å². The monoisotopic (exact) mass is 447 g/mol. The van der Waals surface area contributed by atoms with Crippen molar-refractivity contribution in [2.75, 3.05) is 18.1 Å². The normalized spacial score (nSPS) is 13.1. The zero-order valence-electron chi connectivity index (χ0n) is 19.0. The van der Waals surface area contributed by atoms with Gasteiger partial charge in [-0.25, -0.2) is 4.98 Å². The molecule has 7 nitrogen and oxygen atoms in total. The molecule has 0 spiro atoms. The third-order valence-electron chi connectivity index (χ3n) is 5.99. The van der Waals surface area contributed by atoms with Gasteiger partial charge in [0.15, 0.2) is 6.61 Å². The number of carbonyl (C=O) groups excluding carboxylic acids is 2. The minimum absolute atomic E-state index is 0.00176. The van der Waals surface area contributed by atoms with Gasteiger partial charge in [0.1, 0.15) is 5.69 Å². The average molecular weight is 448 g/mol. The van der Waals surface area contributed by atoms with Crippen LogP contribution in [0.2, 0.25) is 0 Å². The summed E-state index contributed by atoms with van der Waals surface area (Å²) in [4.78, 5) is 44.2. The van der Waals surface area contributed by atoms with Gasteiger partial charge in [0.25, 0.3) is 11.5 Å². The van der Waals surface area contributed by atoms with E-state index in [9.17, 15) is 14.4 Å². The highest BCUT2D eigenvalue weighted by Gasteiger charge is 2.23. The van der Waals surface area contributed by atoms with Gasteiger partial charge < -0.3 is 14.2 Å². The first-order valence-electron chi connectivity index (χ1n) is 11.6. The molecule has 3 aromatic rings. The Kier molecular flexibility index (Phi) is 7.17. The van der Waals surface area contributed by atoms with Gasteiger partial charge in [-0.1, -0.05) is 43.7 Å². The highest BCUT2D eigenvalue weighted by atomic mass is 16.5. The summed E-state index contributed by atoms with van der Waals surface area (Å²) in [5, 5.41) is 0. The minimum Gasteiger partial charge on any atom is -0.456 e. The molecule has 0 atom stereocenters. The summed E-state index contributed by atoms with van der Waals surface area (Å²) in [5.74, 6) is -0.746. The lowest BCUT2D eigenvalue weighted by Crippen LogP contribution is -2.38. The smallest absolute Gasteiger partial charge is 0.306 e. The summed E-state index contributed by atoms with van der Waals surface area (Å²) in [6, 6.07) is 15.3. The SMILES string of the molecule is CCCCn1c(=O)c(CCC(=O)OCC(=O)N2CCCc3ccccc32)nc2ccccc21. The Bertz CT molecular complexity index is 1220. The predicted molar refractivity (Wildman–Crippen MR) is 127 cm³/mol. The zero-order chi connectivity index (χ0) is 23.2. The van der Waals surface area contributed by atoms with E-state index in [0.717, 1.165) is 48.0 Å². The molecule has 172 valence electrons. The van der Waals surface area contributed by atoms with E-state index in [0.29, 0.717) is 18.8 Å². The van der Waals surface area contributed by atoms with E-state index in [4.69, 9.17) is 4.74 Å². The predicted octanol–water partition coefficient (Wildman–Crippen LogP) is 3.65. The van der Waals surface area contributed by atoms with Crippen LogP contribution in [0.4, 0.5) is 5.69 Å². The van der Waals surface area contributed by atoms with Gasteiger partial charge in [0.2, 0.25) is 0 Å². The molecule has 2 aromatic carbocycles. The highest BCUT2D eigenvalue weighted by molar-refractivity contribution is 5.96. The van der Waals surface area contributed by atoms with Gasteiger partial charge in [-0.05, 0) is 43.0 Å². The number of benzene rings is 2. The van der Waals surface area contributed by atoms with Gasteiger partial charge in [-0.15, -0.1) is 0 Å². The first-order valence-corrected chi connectivity index (χ1v) is 11.6. The maximum absolute atomic E-state index is 13.0. The number of esters is 1. The number of carbonyl (C=O) groups is 2. The second-order valence-electron chi connectivity index (χ2n) is 8.30. The van der Waals surface area contributed by atoms with E-state index >= 15 is 0 Å². The van der Waals surface area contributed by atoms with Crippen LogP contribution in [-0.2, 0) is 33.7 Å². The molecule has 2 heterocycles. The van der Waals surface area contributed by atoms with Crippen molar-refractivity contribution in [2.45, 2.75) is 52.0 Å². The maximum atomic E-state index is 13.0. The number of aryl methyl sites for hydroxylation is 3. The van der Waals surface area contributed by atoms with Crippen molar-refractivity contribution < 1.29 is 14.3 Å². The molecule has 0 aliphatic carbocycles. The number of ether oxygens (including phenoxy) is 1. The Labute approximate surface area is 193 Å². The van der Waals surface area contributed by atoms with Crippen LogP contribution in [0.5, 0.6) is 0 Å². The van der Waals surface area contributed by atoms with Crippen molar-refractivity contribution in [1.82, 2.24) is 9.55 Å². The molecule has 0 radical (unpaired) electrons. The molecular formula is C26H29N3O4. The van der Waals surface area contributed by atoms with Crippen molar-refractivity contribution >= 4 is 28.6 Å². The molecule has 1 aliphatic rings. The number of hydrogen-bond donors (Lipinski definition) is 0. The molecule has 0 unspecified atom stereocenters. The van der Waals surface area contributed by atoms with Crippen molar-refractivity contribution in [1.29, 1.82) is 0 Å². The molecule has 1 aromatic heterocycles. The summed E-state index contributed by atoms with van der Waals surface area (Å²) in [6.07, 6.45) is 3.86. The molecule has 1 amide bonds. The van der Waals surface area contributed by atoms with E-state index in [1.807, 2.05) is 48.5 Å². The lowest BCUT2D eigenvalue weighted by Gasteiger charge is -2.29. The minimum atomic E-state index is -0.511. The Morgan fingerprint density at radius 1 is 1.09 bits per heavy atom. The van der Waals surface area contributed by atoms with Crippen LogP contribution in [-0.4, -0.2) is 34.6 Å². The van der Waals surface area contributed by atoms with E-state index in [1.54, 1.807) is 9.47 Å². The van der Waals surface area contributed by atoms with Crippen molar-refractivity contribution in [3.05, 3.63) is 70.1 Å². The van der Waals surface area contributed by atoms with Crippen LogP contribution >= 0.6 is 0 Å². The summed E-state index contributed by atoms with van der Waals surface area (Å²) >= 11 is 0. The van der Waals surface area contributed by atoms with Crippen molar-refractivity contribution in [3.8, 4) is 0 Å². The maximum Gasteiger partial charge on any atom is 0.306 e. The quantitative estimate of drug-likeness (QED) is 0.493. The molecule has 0 saturated carbocycles. The molecular weight excluding hydrogens is 418 g/mol. The number of anilines is 1. The summed E-state index contributed by atoms with van der Waals surface area (Å²) in [7, 11) is 0. The van der Waals surface area contributed by atoms with Crippen LogP contribution < -0.4 is 10.5 Å². The Morgan fingerprint density at radius 3 is 2.73 bits per heavy atom. The molecule has 0 saturated heterocycles. The van der Waals surface area contributed by atoms with Crippen LogP contribution in [0, 0.1) is 0 Å². The van der Waals surface area contributed by atoms with Gasteiger partial charge >= 0.3 is 5.97 Å². The summed E-state index contributed by atoms with van der Waals surface area (Å²) < 4.78 is 6.99. The van der Waals surface area contributed by atoms with E-state index < -0.39 is 5.97 Å². The number of hydrogen-bond acceptors (Lipinski definition) is 5. The number of fused-ring (bicyclic) bond motifs is 2. The van der Waals surface area contributed by atoms with Crippen molar-refractivity contribution in [2.24, 2.45) is 0 Å². The second kappa shape index (κ2) is 10.4. The molecule has 33 heavy (non-hydrogen) atoms. The Morgan fingerprint density at radius 2 is 1.88 bits per heavy atom. The topological polar surface area (TPSA) is 81.5 Å². The van der Waals surface area contributed by atoms with Gasteiger partial charge in [-0.2, -0.15) is 0 Å². The first kappa shape index (κ1) is 22.7. The lowest BCUT2D eigenvalue weighted by atomic mass is 10.0. The fourth-order valence-electron chi connectivity index (χ4n) is 4.25. The van der Waals surface area contributed by atoms with Gasteiger partial charge in [0.05, 0.1) is 17.5 Å².